The fourth-order valence-electron chi connectivity index (χ4n) is 1.47. The number of aryl methyl sites for hydroxylation is 1. The molecule has 0 atom stereocenters. The summed E-state index contributed by atoms with van der Waals surface area (Å²) in [5, 5.41) is 14.2. The Bertz CT molecular complexity index is 677. The number of carbonyl (C=O) groups excluding carboxylic acids is 1. The van der Waals surface area contributed by atoms with Gasteiger partial charge < -0.3 is 10.4 Å². The molecule has 2 rings (SSSR count). The maximum absolute atomic E-state index is 11.8. The number of hydrogen-bond acceptors (Lipinski definition) is 4. The van der Waals surface area contributed by atoms with Crippen molar-refractivity contribution in [2.75, 3.05) is 10.6 Å². The van der Waals surface area contributed by atoms with Crippen molar-refractivity contribution in [3.63, 3.8) is 0 Å². The Hall–Kier alpha value is -2.67. The van der Waals surface area contributed by atoms with Gasteiger partial charge in [0, 0.05) is 22.8 Å². The zero-order valence-electron chi connectivity index (χ0n) is 11.2. The molecule has 0 aliphatic carbocycles. The maximum atomic E-state index is 11.8. The number of hydrogen-bond donors (Lipinski definition) is 3. The highest BCUT2D eigenvalue weighted by molar-refractivity contribution is 7.16. The fraction of sp³-hybridized carbons (Fsp3) is 0.0714. The smallest absolute Gasteiger partial charge is 0.328 e. The van der Waals surface area contributed by atoms with E-state index < -0.39 is 12.0 Å². The number of aliphatic carboxylic acids is 1. The lowest BCUT2D eigenvalue weighted by Gasteiger charge is -2.05. The van der Waals surface area contributed by atoms with Gasteiger partial charge in [-0.05, 0) is 25.1 Å². The van der Waals surface area contributed by atoms with Crippen LogP contribution in [0.2, 0.25) is 0 Å². The molecule has 0 spiro atoms. The van der Waals surface area contributed by atoms with Crippen molar-refractivity contribution in [2.24, 2.45) is 0 Å². The fourth-order valence-corrected chi connectivity index (χ4v) is 2.19. The van der Waals surface area contributed by atoms with Crippen LogP contribution in [0.1, 0.15) is 10.4 Å². The Kier molecular flexibility index (Phi) is 4.68. The Balaban J connectivity index is 1.93. The van der Waals surface area contributed by atoms with Crippen molar-refractivity contribution in [1.29, 1.82) is 0 Å². The number of amides is 2. The molecule has 0 aliphatic rings. The van der Waals surface area contributed by atoms with E-state index >= 15 is 0 Å². The molecule has 0 unspecified atom stereocenters. The number of benzene rings is 1. The van der Waals surface area contributed by atoms with Gasteiger partial charge in [0.05, 0.1) is 0 Å². The average molecular weight is 303 g/mol. The van der Waals surface area contributed by atoms with Crippen LogP contribution in [0.4, 0.5) is 15.6 Å². The van der Waals surface area contributed by atoms with Gasteiger partial charge in [0.15, 0.2) is 5.13 Å². The first-order chi connectivity index (χ1) is 10.0. The monoisotopic (exact) mass is 303 g/mol. The predicted molar refractivity (Wildman–Crippen MR) is 82.6 cm³/mol. The van der Waals surface area contributed by atoms with E-state index in [0.29, 0.717) is 15.7 Å². The van der Waals surface area contributed by atoms with E-state index in [0.717, 1.165) is 11.6 Å². The molecule has 1 aromatic heterocycles. The molecule has 7 heteroatoms. The number of nitrogens with one attached hydrogen (secondary N) is 2. The third-order valence-corrected chi connectivity index (χ3v) is 3.32. The SMILES string of the molecule is Cc1ccc(NC(=O)Nc2ncc(C=CC(=O)O)s2)cc1. The zero-order chi connectivity index (χ0) is 15.2. The van der Waals surface area contributed by atoms with Crippen LogP contribution in [0.3, 0.4) is 0 Å². The summed E-state index contributed by atoms with van der Waals surface area (Å²) in [7, 11) is 0. The van der Waals surface area contributed by atoms with Gasteiger partial charge in [-0.2, -0.15) is 0 Å². The molecule has 0 bridgehead atoms. The molecule has 1 aromatic carbocycles. The van der Waals surface area contributed by atoms with Crippen molar-refractivity contribution >= 4 is 40.2 Å². The minimum Gasteiger partial charge on any atom is -0.478 e. The summed E-state index contributed by atoms with van der Waals surface area (Å²) >= 11 is 1.18. The molecule has 21 heavy (non-hydrogen) atoms. The number of rotatable bonds is 4. The molecule has 0 aliphatic heterocycles. The van der Waals surface area contributed by atoms with Gasteiger partial charge in [-0.1, -0.05) is 29.0 Å². The first-order valence-corrected chi connectivity index (χ1v) is 6.86. The van der Waals surface area contributed by atoms with Gasteiger partial charge in [-0.15, -0.1) is 0 Å². The first-order valence-electron chi connectivity index (χ1n) is 6.04. The molecular formula is C14H13N3O3S. The van der Waals surface area contributed by atoms with Crippen LogP contribution in [0.25, 0.3) is 6.08 Å². The molecule has 0 radical (unpaired) electrons. The molecule has 1 heterocycles. The standard InChI is InChI=1S/C14H13N3O3S/c1-9-2-4-10(5-3-9)16-13(20)17-14-15-8-11(21-14)6-7-12(18)19/h2-8H,1H3,(H,18,19)(H2,15,16,17,20). The topological polar surface area (TPSA) is 91.3 Å². The molecule has 3 N–H and O–H groups in total. The van der Waals surface area contributed by atoms with Crippen LogP contribution in [0.5, 0.6) is 0 Å². The Morgan fingerprint density at radius 3 is 2.62 bits per heavy atom. The van der Waals surface area contributed by atoms with E-state index in [1.54, 1.807) is 12.1 Å². The summed E-state index contributed by atoms with van der Waals surface area (Å²) in [6, 6.07) is 7.00. The molecule has 0 fully saturated rings. The maximum Gasteiger partial charge on any atom is 0.328 e. The summed E-state index contributed by atoms with van der Waals surface area (Å²) < 4.78 is 0. The van der Waals surface area contributed by atoms with Gasteiger partial charge in [0.1, 0.15) is 0 Å². The molecule has 108 valence electrons. The lowest BCUT2D eigenvalue weighted by Crippen LogP contribution is -2.19. The third kappa shape index (κ3) is 4.73. The Morgan fingerprint density at radius 2 is 1.95 bits per heavy atom. The number of anilines is 2. The summed E-state index contributed by atoms with van der Waals surface area (Å²) in [6.45, 7) is 1.96. The second kappa shape index (κ2) is 6.67. The average Bonchev–Trinajstić information content (AvgIpc) is 2.86. The van der Waals surface area contributed by atoms with E-state index in [4.69, 9.17) is 5.11 Å². The highest BCUT2D eigenvalue weighted by Gasteiger charge is 2.06. The van der Waals surface area contributed by atoms with Crippen molar-refractivity contribution in [1.82, 2.24) is 4.98 Å². The normalized spacial score (nSPS) is 10.5. The van der Waals surface area contributed by atoms with Crippen molar-refractivity contribution in [3.05, 3.63) is 47.0 Å². The summed E-state index contributed by atoms with van der Waals surface area (Å²) in [5.74, 6) is -1.03. The molecule has 0 saturated carbocycles. The summed E-state index contributed by atoms with van der Waals surface area (Å²) in [5.41, 5.74) is 1.79. The second-order valence-corrected chi connectivity index (χ2v) is 5.25. The van der Waals surface area contributed by atoms with Crippen LogP contribution in [-0.4, -0.2) is 22.1 Å². The van der Waals surface area contributed by atoms with E-state index in [9.17, 15) is 9.59 Å². The lowest BCUT2D eigenvalue weighted by molar-refractivity contribution is -0.131. The van der Waals surface area contributed by atoms with Gasteiger partial charge in [-0.3, -0.25) is 5.32 Å². The largest absolute Gasteiger partial charge is 0.478 e. The van der Waals surface area contributed by atoms with Gasteiger partial charge >= 0.3 is 12.0 Å². The zero-order valence-corrected chi connectivity index (χ0v) is 12.0. The Morgan fingerprint density at radius 1 is 1.24 bits per heavy atom. The number of nitrogens with zero attached hydrogens (tertiary/aromatic N) is 1. The minimum atomic E-state index is -1.03. The molecule has 2 amide bonds. The first kappa shape index (κ1) is 14.7. The van der Waals surface area contributed by atoms with Crippen molar-refractivity contribution in [3.8, 4) is 0 Å². The van der Waals surface area contributed by atoms with Crippen molar-refractivity contribution in [2.45, 2.75) is 6.92 Å². The minimum absolute atomic E-state index is 0.393. The van der Waals surface area contributed by atoms with Gasteiger partial charge in [0.2, 0.25) is 0 Å². The van der Waals surface area contributed by atoms with Crippen LogP contribution in [0, 0.1) is 6.92 Å². The number of carbonyl (C=O) groups is 2. The predicted octanol–water partition coefficient (Wildman–Crippen LogP) is 3.19. The van der Waals surface area contributed by atoms with Crippen molar-refractivity contribution < 1.29 is 14.7 Å². The van der Waals surface area contributed by atoms with E-state index in [1.807, 2.05) is 19.1 Å². The molecule has 0 saturated heterocycles. The van der Waals surface area contributed by atoms with Gasteiger partial charge in [0.25, 0.3) is 0 Å². The van der Waals surface area contributed by atoms with Crippen LogP contribution < -0.4 is 10.6 Å². The molecule has 2 aromatic rings. The number of aromatic nitrogens is 1. The number of urea groups is 1. The highest BCUT2D eigenvalue weighted by atomic mass is 32.1. The number of carboxylic acids is 1. The highest BCUT2D eigenvalue weighted by Crippen LogP contribution is 2.19. The van der Waals surface area contributed by atoms with Crippen LogP contribution >= 0.6 is 11.3 Å². The molecular weight excluding hydrogens is 290 g/mol. The second-order valence-electron chi connectivity index (χ2n) is 4.18. The third-order valence-electron chi connectivity index (χ3n) is 2.44. The Labute approximate surface area is 125 Å². The quantitative estimate of drug-likeness (QED) is 0.756. The summed E-state index contributed by atoms with van der Waals surface area (Å²) in [4.78, 5) is 26.8. The van der Waals surface area contributed by atoms with E-state index in [1.165, 1.54) is 23.6 Å². The van der Waals surface area contributed by atoms with E-state index in [2.05, 4.69) is 15.6 Å². The lowest BCUT2D eigenvalue weighted by atomic mass is 10.2. The van der Waals surface area contributed by atoms with Gasteiger partial charge in [-0.25, -0.2) is 14.6 Å². The molecule has 6 nitrogen and oxygen atoms in total. The summed E-state index contributed by atoms with van der Waals surface area (Å²) in [6.07, 6.45) is 3.93. The van der Waals surface area contributed by atoms with Crippen LogP contribution in [-0.2, 0) is 4.79 Å². The number of thiazole rings is 1. The van der Waals surface area contributed by atoms with Crippen LogP contribution in [0.15, 0.2) is 36.5 Å². The van der Waals surface area contributed by atoms with E-state index in [-0.39, 0.29) is 0 Å². The number of carboxylic acid groups (broad SMARTS) is 1.